The number of rotatable bonds is 1. The second-order valence-corrected chi connectivity index (χ2v) is 7.16. The maximum Gasteiger partial charge on any atom is 0.115 e. The maximum absolute atomic E-state index is 10.0. The number of piperidine rings is 1. The molecule has 0 radical (unpaired) electrons. The van der Waals surface area contributed by atoms with Gasteiger partial charge in [-0.2, -0.15) is 0 Å². The molecule has 3 heteroatoms. The molecule has 1 aliphatic carbocycles. The molecule has 2 nitrogen and oxygen atoms in total. The first-order valence-electron chi connectivity index (χ1n) is 7.87. The molecule has 2 aromatic rings. The van der Waals surface area contributed by atoms with Crippen molar-refractivity contribution in [3.63, 3.8) is 0 Å². The van der Waals surface area contributed by atoms with E-state index in [0.717, 1.165) is 30.8 Å². The Bertz CT molecular complexity index is 712. The summed E-state index contributed by atoms with van der Waals surface area (Å²) in [5.41, 5.74) is 4.00. The Morgan fingerprint density at radius 2 is 1.95 bits per heavy atom. The lowest BCUT2D eigenvalue weighted by Crippen LogP contribution is -2.52. The normalized spacial score (nSPS) is 27.5. The highest BCUT2D eigenvalue weighted by Gasteiger charge is 2.45. The van der Waals surface area contributed by atoms with Crippen LogP contribution in [0.15, 0.2) is 42.5 Å². The minimum Gasteiger partial charge on any atom is -0.508 e. The fraction of sp³-hybridized carbons (Fsp3) is 0.368. The van der Waals surface area contributed by atoms with Gasteiger partial charge in [-0.3, -0.25) is 0 Å². The number of aromatic hydroxyl groups is 1. The van der Waals surface area contributed by atoms with E-state index in [1.807, 2.05) is 24.3 Å². The van der Waals surface area contributed by atoms with E-state index in [-0.39, 0.29) is 5.41 Å². The summed E-state index contributed by atoms with van der Waals surface area (Å²) in [4.78, 5) is 2.48. The third kappa shape index (κ3) is 2.05. The van der Waals surface area contributed by atoms with Gasteiger partial charge in [-0.05, 0) is 73.8 Å². The molecule has 1 fully saturated rings. The lowest BCUT2D eigenvalue weighted by Gasteiger charge is -2.50. The fourth-order valence-electron chi connectivity index (χ4n) is 4.31. The van der Waals surface area contributed by atoms with E-state index in [4.69, 9.17) is 11.6 Å². The molecule has 0 spiro atoms. The minimum absolute atomic E-state index is 0.00802. The van der Waals surface area contributed by atoms with Gasteiger partial charge in [-0.25, -0.2) is 0 Å². The van der Waals surface area contributed by atoms with Gasteiger partial charge in [-0.1, -0.05) is 29.8 Å². The number of nitrogens with zero attached hydrogens (tertiary/aromatic N) is 1. The third-order valence-electron chi connectivity index (χ3n) is 5.56. The van der Waals surface area contributed by atoms with Crippen LogP contribution in [0.25, 0.3) is 0 Å². The van der Waals surface area contributed by atoms with Crippen molar-refractivity contribution < 1.29 is 5.11 Å². The first-order valence-corrected chi connectivity index (χ1v) is 8.25. The van der Waals surface area contributed by atoms with Gasteiger partial charge in [0.25, 0.3) is 0 Å². The highest BCUT2D eigenvalue weighted by molar-refractivity contribution is 6.30. The first kappa shape index (κ1) is 14.1. The van der Waals surface area contributed by atoms with E-state index in [9.17, 15) is 5.11 Å². The highest BCUT2D eigenvalue weighted by atomic mass is 35.5. The molecular formula is C19H20ClNO. The Hall–Kier alpha value is -1.51. The molecular weight excluding hydrogens is 294 g/mol. The van der Waals surface area contributed by atoms with Gasteiger partial charge in [0.2, 0.25) is 0 Å². The van der Waals surface area contributed by atoms with Crippen molar-refractivity contribution in [1.82, 2.24) is 4.90 Å². The second-order valence-electron chi connectivity index (χ2n) is 6.72. The number of likely N-dealkylation sites (N-methyl/N-ethyl adjacent to an activating group) is 1. The summed E-state index contributed by atoms with van der Waals surface area (Å²) in [7, 11) is 2.22. The Kier molecular flexibility index (Phi) is 3.21. The lowest BCUT2D eigenvalue weighted by atomic mass is 9.60. The van der Waals surface area contributed by atoms with Crippen LogP contribution in [0.1, 0.15) is 29.5 Å². The van der Waals surface area contributed by atoms with E-state index in [1.165, 1.54) is 16.7 Å². The zero-order valence-electron chi connectivity index (χ0n) is 12.7. The number of hydrogen-bond acceptors (Lipinski definition) is 2. The largest absolute Gasteiger partial charge is 0.508 e. The Balaban J connectivity index is 1.92. The second kappa shape index (κ2) is 5.00. The van der Waals surface area contributed by atoms with Crippen LogP contribution in [0.4, 0.5) is 0 Å². The number of likely N-dealkylation sites (tertiary alicyclic amines) is 1. The molecule has 22 heavy (non-hydrogen) atoms. The number of phenols is 1. The van der Waals surface area contributed by atoms with E-state index >= 15 is 0 Å². The van der Waals surface area contributed by atoms with E-state index in [2.05, 4.69) is 30.1 Å². The maximum atomic E-state index is 10.0. The van der Waals surface area contributed by atoms with Crippen molar-refractivity contribution in [2.45, 2.75) is 30.7 Å². The minimum atomic E-state index is 0.00802. The van der Waals surface area contributed by atoms with Gasteiger partial charge in [0.05, 0.1) is 0 Å². The van der Waals surface area contributed by atoms with Crippen LogP contribution in [0.2, 0.25) is 5.02 Å². The van der Waals surface area contributed by atoms with Crippen molar-refractivity contribution in [3.8, 4) is 5.75 Å². The van der Waals surface area contributed by atoms with Gasteiger partial charge in [0, 0.05) is 16.5 Å². The number of halogens is 1. The summed E-state index contributed by atoms with van der Waals surface area (Å²) in [5.74, 6) is 0.365. The molecule has 2 atom stereocenters. The molecule has 0 saturated carbocycles. The number of phenolic OH excluding ortho intramolecular Hbond substituents is 1. The molecule has 0 amide bonds. The van der Waals surface area contributed by atoms with Crippen molar-refractivity contribution in [3.05, 3.63) is 64.2 Å². The van der Waals surface area contributed by atoms with Gasteiger partial charge in [0.1, 0.15) is 5.75 Å². The average molecular weight is 314 g/mol. The molecule has 114 valence electrons. The summed E-state index contributed by atoms with van der Waals surface area (Å²) in [6.07, 6.45) is 3.27. The van der Waals surface area contributed by atoms with Crippen LogP contribution in [-0.4, -0.2) is 29.6 Å². The quantitative estimate of drug-likeness (QED) is 0.860. The number of fused-ring (bicyclic) bond motifs is 4. The van der Waals surface area contributed by atoms with Crippen LogP contribution >= 0.6 is 11.6 Å². The topological polar surface area (TPSA) is 23.5 Å². The summed E-state index contributed by atoms with van der Waals surface area (Å²) >= 11 is 6.08. The monoisotopic (exact) mass is 313 g/mol. The van der Waals surface area contributed by atoms with E-state index < -0.39 is 0 Å². The van der Waals surface area contributed by atoms with Gasteiger partial charge < -0.3 is 10.0 Å². The van der Waals surface area contributed by atoms with Crippen molar-refractivity contribution in [1.29, 1.82) is 0 Å². The fourth-order valence-corrected chi connectivity index (χ4v) is 4.44. The standard InChI is InChI=1S/C19H20ClNO/c1-21-9-8-19(14-3-5-15(20)6-4-14)12-16(21)10-13-2-7-17(22)11-18(13)19/h2-7,11,16,22H,8-10,12H2,1H3. The van der Waals surface area contributed by atoms with E-state index in [0.29, 0.717) is 11.8 Å². The number of hydrogen-bond donors (Lipinski definition) is 1. The molecule has 1 saturated heterocycles. The molecule has 2 aromatic carbocycles. The van der Waals surface area contributed by atoms with Gasteiger partial charge in [0.15, 0.2) is 0 Å². The van der Waals surface area contributed by atoms with Crippen molar-refractivity contribution in [2.75, 3.05) is 13.6 Å². The van der Waals surface area contributed by atoms with Crippen molar-refractivity contribution in [2.24, 2.45) is 0 Å². The molecule has 2 bridgehead atoms. The lowest BCUT2D eigenvalue weighted by molar-refractivity contribution is 0.123. The number of benzene rings is 2. The highest BCUT2D eigenvalue weighted by Crippen LogP contribution is 2.49. The van der Waals surface area contributed by atoms with Crippen LogP contribution in [0.3, 0.4) is 0 Å². The Morgan fingerprint density at radius 1 is 1.18 bits per heavy atom. The zero-order chi connectivity index (χ0) is 15.3. The third-order valence-corrected chi connectivity index (χ3v) is 5.81. The first-order chi connectivity index (χ1) is 10.6. The summed E-state index contributed by atoms with van der Waals surface area (Å²) < 4.78 is 0. The molecule has 2 unspecified atom stereocenters. The van der Waals surface area contributed by atoms with E-state index in [1.54, 1.807) is 0 Å². The molecule has 4 rings (SSSR count). The van der Waals surface area contributed by atoms with Crippen LogP contribution < -0.4 is 0 Å². The zero-order valence-corrected chi connectivity index (χ0v) is 13.5. The van der Waals surface area contributed by atoms with Crippen LogP contribution in [0, 0.1) is 0 Å². The summed E-state index contributed by atoms with van der Waals surface area (Å²) in [6.45, 7) is 1.09. The van der Waals surface area contributed by atoms with Gasteiger partial charge >= 0.3 is 0 Å². The molecule has 1 aliphatic heterocycles. The Labute approximate surface area is 136 Å². The molecule has 0 aromatic heterocycles. The van der Waals surface area contributed by atoms with Crippen LogP contribution in [-0.2, 0) is 11.8 Å². The molecule has 1 N–H and O–H groups in total. The summed E-state index contributed by atoms with van der Waals surface area (Å²) in [6, 6.07) is 14.7. The average Bonchev–Trinajstić information content (AvgIpc) is 2.52. The predicted octanol–water partition coefficient (Wildman–Crippen LogP) is 3.98. The molecule has 2 aliphatic rings. The van der Waals surface area contributed by atoms with Crippen molar-refractivity contribution >= 4 is 11.6 Å². The SMILES string of the molecule is CN1CCC2(c3ccc(Cl)cc3)CC1Cc1ccc(O)cc12. The smallest absolute Gasteiger partial charge is 0.115 e. The van der Waals surface area contributed by atoms with Gasteiger partial charge in [-0.15, -0.1) is 0 Å². The summed E-state index contributed by atoms with van der Waals surface area (Å²) in [5, 5.41) is 10.8. The predicted molar refractivity (Wildman–Crippen MR) is 89.7 cm³/mol. The van der Waals surface area contributed by atoms with Crippen LogP contribution in [0.5, 0.6) is 5.75 Å². The molecule has 1 heterocycles. The Morgan fingerprint density at radius 3 is 2.73 bits per heavy atom.